The molecule has 30 heavy (non-hydrogen) atoms. The Labute approximate surface area is 178 Å². The highest BCUT2D eigenvalue weighted by atomic mass is 32.2. The predicted octanol–water partition coefficient (Wildman–Crippen LogP) is 2.23. The first-order valence-electron chi connectivity index (χ1n) is 9.63. The smallest absolute Gasteiger partial charge is 0.252 e. The monoisotopic (exact) mass is 431 g/mol. The van der Waals surface area contributed by atoms with Crippen LogP contribution in [-0.2, 0) is 21.2 Å². The van der Waals surface area contributed by atoms with Crippen molar-refractivity contribution in [2.75, 3.05) is 7.05 Å². The molecule has 0 aliphatic carbocycles. The molecule has 0 spiro atoms. The molecule has 2 aromatic carbocycles. The zero-order chi connectivity index (χ0) is 22.6. The van der Waals surface area contributed by atoms with Crippen molar-refractivity contribution in [1.29, 1.82) is 0 Å². The molecule has 0 aromatic heterocycles. The number of aryl methyl sites for hydroxylation is 1. The maximum absolute atomic E-state index is 13.4. The van der Waals surface area contributed by atoms with Gasteiger partial charge in [0.05, 0.1) is 10.5 Å². The second-order valence-electron chi connectivity index (χ2n) is 8.19. The highest BCUT2D eigenvalue weighted by Crippen LogP contribution is 2.36. The summed E-state index contributed by atoms with van der Waals surface area (Å²) >= 11 is 0. The lowest BCUT2D eigenvalue weighted by atomic mass is 9.70. The maximum atomic E-state index is 13.4. The summed E-state index contributed by atoms with van der Waals surface area (Å²) in [7, 11) is -2.83. The Morgan fingerprint density at radius 1 is 0.967 bits per heavy atom. The lowest BCUT2D eigenvalue weighted by Gasteiger charge is -2.42. The molecular weight excluding hydrogens is 402 g/mol. The number of benzene rings is 2. The summed E-state index contributed by atoms with van der Waals surface area (Å²) in [5.74, 6) is -1.31. The van der Waals surface area contributed by atoms with E-state index in [4.69, 9.17) is 5.73 Å². The zero-order valence-corrected chi connectivity index (χ0v) is 18.5. The average molecular weight is 432 g/mol. The van der Waals surface area contributed by atoms with E-state index in [1.165, 1.54) is 25.2 Å². The molecule has 7 nitrogen and oxygen atoms in total. The highest BCUT2D eigenvalue weighted by Gasteiger charge is 2.50. The molecule has 2 rings (SSSR count). The number of carbonyl (C=O) groups excluding carboxylic acids is 2. The van der Waals surface area contributed by atoms with E-state index in [0.717, 1.165) is 5.56 Å². The number of nitrogens with one attached hydrogen (secondary N) is 2. The van der Waals surface area contributed by atoms with E-state index in [0.29, 0.717) is 6.42 Å². The van der Waals surface area contributed by atoms with Crippen LogP contribution in [0.4, 0.5) is 0 Å². The van der Waals surface area contributed by atoms with Crippen molar-refractivity contribution in [3.8, 4) is 0 Å². The van der Waals surface area contributed by atoms with Gasteiger partial charge < -0.3 is 11.1 Å². The van der Waals surface area contributed by atoms with Crippen LogP contribution < -0.4 is 15.8 Å². The first-order valence-corrected chi connectivity index (χ1v) is 11.1. The van der Waals surface area contributed by atoms with Crippen LogP contribution in [0.15, 0.2) is 59.5 Å². The van der Waals surface area contributed by atoms with Gasteiger partial charge in [-0.3, -0.25) is 9.59 Å². The van der Waals surface area contributed by atoms with Crippen LogP contribution >= 0.6 is 0 Å². The molecule has 2 amide bonds. The highest BCUT2D eigenvalue weighted by molar-refractivity contribution is 7.89. The van der Waals surface area contributed by atoms with Crippen molar-refractivity contribution in [3.05, 3.63) is 65.7 Å². The van der Waals surface area contributed by atoms with E-state index in [-0.39, 0.29) is 16.9 Å². The van der Waals surface area contributed by atoms with Crippen LogP contribution in [0.2, 0.25) is 0 Å². The Balaban J connectivity index is 2.53. The molecule has 0 heterocycles. The SMILES string of the molecule is CNC(=O)c1ccccc1S(=O)(=O)NC(CCc1ccccc1)(C(N)=O)C(C)(C)C. The molecule has 0 fully saturated rings. The molecule has 8 heteroatoms. The molecule has 0 saturated heterocycles. The Kier molecular flexibility index (Phi) is 7.05. The Morgan fingerprint density at radius 3 is 2.07 bits per heavy atom. The summed E-state index contributed by atoms with van der Waals surface area (Å²) in [6.07, 6.45) is 0.609. The van der Waals surface area contributed by atoms with Gasteiger partial charge in [0.2, 0.25) is 15.9 Å². The van der Waals surface area contributed by atoms with Crippen molar-refractivity contribution in [2.24, 2.45) is 11.1 Å². The number of sulfonamides is 1. The molecule has 0 aliphatic rings. The van der Waals surface area contributed by atoms with Crippen LogP contribution in [-0.4, -0.2) is 32.8 Å². The van der Waals surface area contributed by atoms with Crippen molar-refractivity contribution in [2.45, 2.75) is 44.0 Å². The molecule has 0 aliphatic heterocycles. The summed E-state index contributed by atoms with van der Waals surface area (Å²) in [6, 6.07) is 15.3. The minimum absolute atomic E-state index is 0.0113. The van der Waals surface area contributed by atoms with Crippen LogP contribution in [0.25, 0.3) is 0 Å². The van der Waals surface area contributed by atoms with Gasteiger partial charge in [-0.05, 0) is 36.0 Å². The number of amides is 2. The molecule has 1 unspecified atom stereocenters. The van der Waals surface area contributed by atoms with Crippen LogP contribution in [0.3, 0.4) is 0 Å². The van der Waals surface area contributed by atoms with E-state index < -0.39 is 32.8 Å². The first kappa shape index (κ1) is 23.6. The van der Waals surface area contributed by atoms with Crippen molar-refractivity contribution >= 4 is 21.8 Å². The predicted molar refractivity (Wildman–Crippen MR) is 116 cm³/mol. The number of hydrogen-bond acceptors (Lipinski definition) is 4. The van der Waals surface area contributed by atoms with Crippen molar-refractivity contribution < 1.29 is 18.0 Å². The maximum Gasteiger partial charge on any atom is 0.252 e. The van der Waals surface area contributed by atoms with Crippen molar-refractivity contribution in [3.63, 3.8) is 0 Å². The van der Waals surface area contributed by atoms with E-state index in [1.807, 2.05) is 30.3 Å². The molecule has 1 atom stereocenters. The van der Waals surface area contributed by atoms with E-state index >= 15 is 0 Å². The Hall–Kier alpha value is -2.71. The second kappa shape index (κ2) is 8.97. The number of rotatable bonds is 8. The van der Waals surface area contributed by atoms with Crippen LogP contribution in [0, 0.1) is 5.41 Å². The number of primary amides is 1. The summed E-state index contributed by atoms with van der Waals surface area (Å²) in [4.78, 5) is 24.7. The molecule has 2 aromatic rings. The van der Waals surface area contributed by atoms with Gasteiger partial charge in [0.15, 0.2) is 0 Å². The van der Waals surface area contributed by atoms with E-state index in [1.54, 1.807) is 26.8 Å². The fourth-order valence-electron chi connectivity index (χ4n) is 3.41. The normalized spacial score (nSPS) is 14.0. The van der Waals surface area contributed by atoms with Gasteiger partial charge in [-0.15, -0.1) is 0 Å². The summed E-state index contributed by atoms with van der Waals surface area (Å²) < 4.78 is 29.3. The van der Waals surface area contributed by atoms with Gasteiger partial charge in [0.1, 0.15) is 5.54 Å². The molecule has 0 radical (unpaired) electrons. The van der Waals surface area contributed by atoms with Crippen LogP contribution in [0.1, 0.15) is 43.1 Å². The quantitative estimate of drug-likeness (QED) is 0.594. The lowest BCUT2D eigenvalue weighted by molar-refractivity contribution is -0.128. The summed E-state index contributed by atoms with van der Waals surface area (Å²) in [5.41, 5.74) is 4.33. The van der Waals surface area contributed by atoms with Crippen molar-refractivity contribution in [1.82, 2.24) is 10.0 Å². The Morgan fingerprint density at radius 2 is 1.53 bits per heavy atom. The summed E-state index contributed by atoms with van der Waals surface area (Å²) in [6.45, 7) is 5.28. The first-order chi connectivity index (χ1) is 13.9. The molecule has 0 saturated carbocycles. The number of nitrogens with two attached hydrogens (primary N) is 1. The topological polar surface area (TPSA) is 118 Å². The van der Waals surface area contributed by atoms with Gasteiger partial charge in [-0.1, -0.05) is 63.2 Å². The fraction of sp³-hybridized carbons (Fsp3) is 0.364. The Bertz CT molecular complexity index is 1010. The van der Waals surface area contributed by atoms with Gasteiger partial charge in [0, 0.05) is 7.05 Å². The fourth-order valence-corrected chi connectivity index (χ4v) is 5.19. The minimum Gasteiger partial charge on any atom is -0.368 e. The van der Waals surface area contributed by atoms with Gasteiger partial charge in [-0.25, -0.2) is 8.42 Å². The lowest BCUT2D eigenvalue weighted by Crippen LogP contribution is -2.64. The number of hydrogen-bond donors (Lipinski definition) is 3. The van der Waals surface area contributed by atoms with Gasteiger partial charge >= 0.3 is 0 Å². The zero-order valence-electron chi connectivity index (χ0n) is 17.7. The number of carbonyl (C=O) groups is 2. The standard InChI is InChI=1S/C22H29N3O4S/c1-21(2,3)22(20(23)27,15-14-16-10-6-5-7-11-16)25-30(28,29)18-13-9-8-12-17(18)19(26)24-4/h5-13,25H,14-15H2,1-4H3,(H2,23,27)(H,24,26). The van der Waals surface area contributed by atoms with Crippen LogP contribution in [0.5, 0.6) is 0 Å². The third kappa shape index (κ3) is 4.88. The molecule has 4 N–H and O–H groups in total. The van der Waals surface area contributed by atoms with Gasteiger partial charge in [-0.2, -0.15) is 4.72 Å². The summed E-state index contributed by atoms with van der Waals surface area (Å²) in [5, 5.41) is 2.43. The minimum atomic E-state index is -4.25. The largest absolute Gasteiger partial charge is 0.368 e. The van der Waals surface area contributed by atoms with E-state index in [2.05, 4.69) is 10.0 Å². The second-order valence-corrected chi connectivity index (χ2v) is 9.84. The molecule has 162 valence electrons. The van der Waals surface area contributed by atoms with E-state index in [9.17, 15) is 18.0 Å². The molecular formula is C22H29N3O4S. The third-order valence-electron chi connectivity index (χ3n) is 5.29. The molecule has 0 bridgehead atoms. The average Bonchev–Trinajstić information content (AvgIpc) is 2.70. The third-order valence-corrected chi connectivity index (χ3v) is 6.84. The van der Waals surface area contributed by atoms with Gasteiger partial charge in [0.25, 0.3) is 5.91 Å².